The predicted octanol–water partition coefficient (Wildman–Crippen LogP) is 4.46. The van der Waals surface area contributed by atoms with Gasteiger partial charge < -0.3 is 10.1 Å². The van der Waals surface area contributed by atoms with E-state index in [-0.39, 0.29) is 36.7 Å². The highest BCUT2D eigenvalue weighted by Gasteiger charge is 2.26. The summed E-state index contributed by atoms with van der Waals surface area (Å²) in [6.45, 7) is 5.56. The summed E-state index contributed by atoms with van der Waals surface area (Å²) in [5.41, 5.74) is 3.80. The second-order valence-electron chi connectivity index (χ2n) is 7.44. The molecule has 2 aromatic carbocycles. The summed E-state index contributed by atoms with van der Waals surface area (Å²) in [5, 5.41) is 4.38. The molecule has 2 N–H and O–H groups in total. The molecule has 0 fully saturated rings. The lowest BCUT2D eigenvalue weighted by Gasteiger charge is -2.32. The molecule has 2 atom stereocenters. The van der Waals surface area contributed by atoms with E-state index in [1.54, 1.807) is 0 Å². The van der Waals surface area contributed by atoms with Gasteiger partial charge in [0.15, 0.2) is 0 Å². The van der Waals surface area contributed by atoms with Crippen molar-refractivity contribution in [3.05, 3.63) is 64.2 Å². The standard InChI is InChI=1S/C22H29ClN2O3S.ClH/c1-3-14-29(26,27)25-12-13-28-20-9-6-18-10-11-24-22(21(18)15-20)16(2)17-4-7-19(23)8-5-17;/h4-9,15-16,22,24-25H,3,10-14H2,1-2H3;1H. The van der Waals surface area contributed by atoms with Crippen LogP contribution < -0.4 is 14.8 Å². The second kappa shape index (κ2) is 11.3. The molecule has 2 unspecified atom stereocenters. The van der Waals surface area contributed by atoms with Crippen molar-refractivity contribution in [1.82, 2.24) is 10.0 Å². The van der Waals surface area contributed by atoms with E-state index in [9.17, 15) is 8.42 Å². The number of sulfonamides is 1. The molecule has 0 saturated carbocycles. The number of fused-ring (bicyclic) bond motifs is 1. The maximum Gasteiger partial charge on any atom is 0.211 e. The Balaban J connectivity index is 0.00000320. The first-order chi connectivity index (χ1) is 13.9. The van der Waals surface area contributed by atoms with E-state index in [1.165, 1.54) is 16.7 Å². The molecule has 1 aliphatic heterocycles. The minimum absolute atomic E-state index is 0. The Morgan fingerprint density at radius 3 is 2.67 bits per heavy atom. The van der Waals surface area contributed by atoms with Gasteiger partial charge in [0, 0.05) is 23.5 Å². The Bertz CT molecular complexity index is 920. The number of ether oxygens (including phenoxy) is 1. The molecule has 0 bridgehead atoms. The summed E-state index contributed by atoms with van der Waals surface area (Å²) < 4.78 is 31.8. The summed E-state index contributed by atoms with van der Waals surface area (Å²) in [5.74, 6) is 1.18. The minimum Gasteiger partial charge on any atom is -0.492 e. The molecular weight excluding hydrogens is 443 g/mol. The molecule has 5 nitrogen and oxygen atoms in total. The number of halogens is 2. The van der Waals surface area contributed by atoms with Gasteiger partial charge in [-0.3, -0.25) is 0 Å². The van der Waals surface area contributed by atoms with E-state index in [1.807, 2.05) is 25.1 Å². The summed E-state index contributed by atoms with van der Waals surface area (Å²) in [7, 11) is -3.20. The Labute approximate surface area is 191 Å². The third kappa shape index (κ3) is 6.59. The van der Waals surface area contributed by atoms with Crippen LogP contribution in [0.5, 0.6) is 5.75 Å². The van der Waals surface area contributed by atoms with Crippen molar-refractivity contribution in [3.63, 3.8) is 0 Å². The summed E-state index contributed by atoms with van der Waals surface area (Å²) >= 11 is 6.04. The van der Waals surface area contributed by atoms with Crippen molar-refractivity contribution >= 4 is 34.0 Å². The van der Waals surface area contributed by atoms with Crippen molar-refractivity contribution in [2.24, 2.45) is 0 Å². The van der Waals surface area contributed by atoms with Crippen LogP contribution >= 0.6 is 24.0 Å². The van der Waals surface area contributed by atoms with Crippen LogP contribution in [0.15, 0.2) is 42.5 Å². The van der Waals surface area contributed by atoms with E-state index in [4.69, 9.17) is 16.3 Å². The van der Waals surface area contributed by atoms with E-state index in [0.29, 0.717) is 13.0 Å². The summed E-state index contributed by atoms with van der Waals surface area (Å²) in [6, 6.07) is 14.4. The molecule has 0 aromatic heterocycles. The first kappa shape index (κ1) is 25.0. The molecule has 0 aliphatic carbocycles. The van der Waals surface area contributed by atoms with Crippen molar-refractivity contribution in [3.8, 4) is 5.75 Å². The molecule has 0 radical (unpaired) electrons. The lowest BCUT2D eigenvalue weighted by molar-refractivity contribution is 0.321. The molecule has 0 spiro atoms. The topological polar surface area (TPSA) is 67.4 Å². The number of nitrogens with one attached hydrogen (secondary N) is 2. The fourth-order valence-electron chi connectivity index (χ4n) is 3.76. The van der Waals surface area contributed by atoms with Gasteiger partial charge in [0.2, 0.25) is 10.0 Å². The van der Waals surface area contributed by atoms with Crippen LogP contribution in [0.3, 0.4) is 0 Å². The molecule has 0 amide bonds. The average molecular weight is 473 g/mol. The van der Waals surface area contributed by atoms with Crippen molar-refractivity contribution in [2.45, 2.75) is 38.6 Å². The van der Waals surface area contributed by atoms with Crippen LogP contribution in [0, 0.1) is 0 Å². The third-order valence-corrected chi connectivity index (χ3v) is 7.11. The zero-order valence-electron chi connectivity index (χ0n) is 17.4. The van der Waals surface area contributed by atoms with Gasteiger partial charge >= 0.3 is 0 Å². The predicted molar refractivity (Wildman–Crippen MR) is 126 cm³/mol. The minimum atomic E-state index is -3.20. The molecular formula is C22H30Cl2N2O3S. The molecule has 8 heteroatoms. The zero-order chi connectivity index (χ0) is 20.9. The monoisotopic (exact) mass is 472 g/mol. The highest BCUT2D eigenvalue weighted by molar-refractivity contribution is 7.89. The van der Waals surface area contributed by atoms with Crippen molar-refractivity contribution in [1.29, 1.82) is 0 Å². The maximum absolute atomic E-state index is 11.7. The number of hydrogen-bond donors (Lipinski definition) is 2. The van der Waals surface area contributed by atoms with Gasteiger partial charge in [-0.1, -0.05) is 43.6 Å². The van der Waals surface area contributed by atoms with Crippen molar-refractivity contribution in [2.75, 3.05) is 25.4 Å². The average Bonchev–Trinajstić information content (AvgIpc) is 2.71. The number of rotatable bonds is 9. The number of hydrogen-bond acceptors (Lipinski definition) is 4. The SMILES string of the molecule is CCCS(=O)(=O)NCCOc1ccc2c(c1)C(C(C)c1ccc(Cl)cc1)NCC2.Cl. The normalized spacial score (nSPS) is 17.0. The fraction of sp³-hybridized carbons (Fsp3) is 0.455. The van der Waals surface area contributed by atoms with E-state index >= 15 is 0 Å². The second-order valence-corrected chi connectivity index (χ2v) is 9.81. The molecule has 1 aliphatic rings. The molecule has 1 heterocycles. The highest BCUT2D eigenvalue weighted by atomic mass is 35.5. The van der Waals surface area contributed by atoms with Crippen LogP contribution in [0.2, 0.25) is 5.02 Å². The van der Waals surface area contributed by atoms with Gasteiger partial charge in [-0.05, 0) is 60.3 Å². The molecule has 2 aromatic rings. The van der Waals surface area contributed by atoms with Gasteiger partial charge in [0.25, 0.3) is 0 Å². The molecule has 166 valence electrons. The lowest BCUT2D eigenvalue weighted by atomic mass is 9.83. The van der Waals surface area contributed by atoms with E-state index in [2.05, 4.69) is 41.2 Å². The maximum atomic E-state index is 11.7. The summed E-state index contributed by atoms with van der Waals surface area (Å²) in [4.78, 5) is 0. The lowest BCUT2D eigenvalue weighted by Crippen LogP contribution is -2.33. The van der Waals surface area contributed by atoms with Gasteiger partial charge in [0.05, 0.1) is 5.75 Å². The van der Waals surface area contributed by atoms with Gasteiger partial charge in [0.1, 0.15) is 12.4 Å². The quantitative estimate of drug-likeness (QED) is 0.528. The smallest absolute Gasteiger partial charge is 0.211 e. The van der Waals surface area contributed by atoms with E-state index < -0.39 is 10.0 Å². The number of benzene rings is 2. The molecule has 30 heavy (non-hydrogen) atoms. The Morgan fingerprint density at radius 1 is 1.23 bits per heavy atom. The van der Waals surface area contributed by atoms with Crippen LogP contribution in [0.25, 0.3) is 0 Å². The summed E-state index contributed by atoms with van der Waals surface area (Å²) in [6.07, 6.45) is 1.58. The third-order valence-electron chi connectivity index (χ3n) is 5.27. The van der Waals surface area contributed by atoms with E-state index in [0.717, 1.165) is 23.7 Å². The Hall–Kier alpha value is -1.31. The van der Waals surface area contributed by atoms with Crippen LogP contribution in [0.4, 0.5) is 0 Å². The first-order valence-corrected chi connectivity index (χ1v) is 12.1. The van der Waals surface area contributed by atoms with Crippen LogP contribution in [-0.4, -0.2) is 33.9 Å². The first-order valence-electron chi connectivity index (χ1n) is 10.1. The molecule has 0 saturated heterocycles. The van der Waals surface area contributed by atoms with Gasteiger partial charge in [-0.2, -0.15) is 0 Å². The van der Waals surface area contributed by atoms with Crippen molar-refractivity contribution < 1.29 is 13.2 Å². The Kier molecular flexibility index (Phi) is 9.44. The fourth-order valence-corrected chi connectivity index (χ4v) is 4.97. The zero-order valence-corrected chi connectivity index (χ0v) is 19.7. The highest BCUT2D eigenvalue weighted by Crippen LogP contribution is 2.36. The van der Waals surface area contributed by atoms with Crippen LogP contribution in [0.1, 0.15) is 48.9 Å². The van der Waals surface area contributed by atoms with Gasteiger partial charge in [-0.25, -0.2) is 13.1 Å². The van der Waals surface area contributed by atoms with Crippen LogP contribution in [-0.2, 0) is 16.4 Å². The van der Waals surface area contributed by atoms with Gasteiger partial charge in [-0.15, -0.1) is 12.4 Å². The molecule has 3 rings (SSSR count). The largest absolute Gasteiger partial charge is 0.492 e. The Morgan fingerprint density at radius 2 is 1.97 bits per heavy atom.